The van der Waals surface area contributed by atoms with Crippen molar-refractivity contribution in [2.24, 2.45) is 5.73 Å². The number of rotatable bonds is 5. The average Bonchev–Trinajstić information content (AvgIpc) is 3.00. The van der Waals surface area contributed by atoms with Crippen LogP contribution in [0, 0.1) is 0 Å². The molecule has 0 spiro atoms. The van der Waals surface area contributed by atoms with Crippen LogP contribution < -0.4 is 11.1 Å². The summed E-state index contributed by atoms with van der Waals surface area (Å²) in [4.78, 5) is 15.7. The molecule has 0 aromatic carbocycles. The molecule has 1 aliphatic heterocycles. The molecule has 0 aliphatic carbocycles. The first-order chi connectivity index (χ1) is 8.98. The molecule has 2 rings (SSSR count). The van der Waals surface area contributed by atoms with Crippen LogP contribution in [0.1, 0.15) is 37.6 Å². The summed E-state index contributed by atoms with van der Waals surface area (Å²) in [5.74, 6) is -0.0896. The quantitative estimate of drug-likeness (QED) is 0.864. The van der Waals surface area contributed by atoms with Gasteiger partial charge in [0.1, 0.15) is 0 Å². The number of thiophene rings is 1. The Bertz CT molecular complexity index is 405. The molecular formula is C14H23N3OS. The van der Waals surface area contributed by atoms with Crippen molar-refractivity contribution in [1.29, 1.82) is 0 Å². The van der Waals surface area contributed by atoms with Gasteiger partial charge in [-0.3, -0.25) is 9.69 Å². The minimum Gasteiger partial charge on any atom is -0.353 e. The van der Waals surface area contributed by atoms with E-state index in [0.29, 0.717) is 6.54 Å². The van der Waals surface area contributed by atoms with Crippen molar-refractivity contribution in [3.63, 3.8) is 0 Å². The summed E-state index contributed by atoms with van der Waals surface area (Å²) in [5.41, 5.74) is 5.00. The van der Waals surface area contributed by atoms with Crippen LogP contribution in [-0.2, 0) is 4.79 Å². The molecule has 1 aromatic rings. The largest absolute Gasteiger partial charge is 0.353 e. The summed E-state index contributed by atoms with van der Waals surface area (Å²) in [6, 6.07) is 4.50. The zero-order valence-corrected chi connectivity index (χ0v) is 12.5. The van der Waals surface area contributed by atoms with E-state index in [1.165, 1.54) is 17.7 Å². The third-order valence-corrected chi connectivity index (χ3v) is 4.47. The van der Waals surface area contributed by atoms with Crippen LogP contribution in [0.3, 0.4) is 0 Å². The number of nitrogens with two attached hydrogens (primary N) is 1. The molecule has 1 aliphatic rings. The monoisotopic (exact) mass is 281 g/mol. The van der Waals surface area contributed by atoms with E-state index in [0.717, 1.165) is 13.1 Å². The van der Waals surface area contributed by atoms with Crippen molar-refractivity contribution in [2.75, 3.05) is 19.6 Å². The van der Waals surface area contributed by atoms with Crippen molar-refractivity contribution in [3.8, 4) is 0 Å². The zero-order chi connectivity index (χ0) is 13.9. The molecule has 0 radical (unpaired) electrons. The lowest BCUT2D eigenvalue weighted by Crippen LogP contribution is -2.50. The van der Waals surface area contributed by atoms with Gasteiger partial charge >= 0.3 is 0 Å². The fraction of sp³-hybridized carbons (Fsp3) is 0.643. The number of carbonyl (C=O) groups is 1. The maximum absolute atomic E-state index is 11.9. The van der Waals surface area contributed by atoms with Crippen molar-refractivity contribution < 1.29 is 4.79 Å². The van der Waals surface area contributed by atoms with E-state index >= 15 is 0 Å². The predicted octanol–water partition coefficient (Wildman–Crippen LogP) is 1.74. The number of nitrogens with zero attached hydrogens (tertiary/aromatic N) is 1. The summed E-state index contributed by atoms with van der Waals surface area (Å²) in [6.45, 7) is 6.34. The predicted molar refractivity (Wildman–Crippen MR) is 79.1 cm³/mol. The zero-order valence-electron chi connectivity index (χ0n) is 11.7. The first kappa shape index (κ1) is 14.5. The van der Waals surface area contributed by atoms with Crippen molar-refractivity contribution in [3.05, 3.63) is 22.4 Å². The van der Waals surface area contributed by atoms with Gasteiger partial charge in [-0.05, 0) is 51.2 Å². The fourth-order valence-electron chi connectivity index (χ4n) is 2.36. The molecule has 4 nitrogen and oxygen atoms in total. The molecule has 19 heavy (non-hydrogen) atoms. The number of amides is 1. The molecule has 106 valence electrons. The number of hydrogen-bond donors (Lipinski definition) is 2. The van der Waals surface area contributed by atoms with Gasteiger partial charge in [0.2, 0.25) is 5.91 Å². The van der Waals surface area contributed by atoms with Crippen molar-refractivity contribution in [2.45, 2.75) is 38.3 Å². The highest BCUT2D eigenvalue weighted by Crippen LogP contribution is 2.27. The molecule has 2 heterocycles. The van der Waals surface area contributed by atoms with Gasteiger partial charge in [0, 0.05) is 11.4 Å². The van der Waals surface area contributed by atoms with Crippen molar-refractivity contribution in [1.82, 2.24) is 10.2 Å². The Morgan fingerprint density at radius 1 is 1.53 bits per heavy atom. The Morgan fingerprint density at radius 3 is 2.74 bits per heavy atom. The van der Waals surface area contributed by atoms with E-state index in [9.17, 15) is 4.79 Å². The molecule has 3 N–H and O–H groups in total. The van der Waals surface area contributed by atoms with Crippen LogP contribution in [0.25, 0.3) is 0 Å². The maximum Gasteiger partial charge on any atom is 0.239 e. The summed E-state index contributed by atoms with van der Waals surface area (Å²) in [7, 11) is 0. The third-order valence-electron chi connectivity index (χ3n) is 3.49. The van der Waals surface area contributed by atoms with E-state index in [4.69, 9.17) is 5.73 Å². The molecule has 1 unspecified atom stereocenters. The van der Waals surface area contributed by atoms with E-state index in [1.54, 1.807) is 25.2 Å². The molecular weight excluding hydrogens is 258 g/mol. The molecule has 0 bridgehead atoms. The lowest BCUT2D eigenvalue weighted by atomic mass is 10.1. The Hall–Kier alpha value is -0.910. The minimum absolute atomic E-state index is 0.0896. The van der Waals surface area contributed by atoms with Gasteiger partial charge in [0.25, 0.3) is 0 Å². The molecule has 1 saturated heterocycles. The van der Waals surface area contributed by atoms with Crippen molar-refractivity contribution >= 4 is 17.2 Å². The van der Waals surface area contributed by atoms with E-state index < -0.39 is 5.54 Å². The number of carbonyl (C=O) groups excluding carboxylic acids is 1. The molecule has 1 aromatic heterocycles. The van der Waals surface area contributed by atoms with Crippen LogP contribution in [0.5, 0.6) is 0 Å². The topological polar surface area (TPSA) is 58.4 Å². The highest BCUT2D eigenvalue weighted by Gasteiger charge is 2.27. The molecule has 0 saturated carbocycles. The SMILES string of the molecule is CC(C)(N)C(=O)NCC(c1cccs1)N1CCCC1. The lowest BCUT2D eigenvalue weighted by molar-refractivity contribution is -0.125. The van der Waals surface area contributed by atoms with Crippen LogP contribution in [0.15, 0.2) is 17.5 Å². The molecule has 5 heteroatoms. The molecule has 1 atom stereocenters. The highest BCUT2D eigenvalue weighted by molar-refractivity contribution is 7.10. The van der Waals surface area contributed by atoms with Gasteiger partial charge in [0.15, 0.2) is 0 Å². The summed E-state index contributed by atoms with van der Waals surface area (Å²) >= 11 is 1.75. The van der Waals surface area contributed by atoms with Gasteiger partial charge in [0.05, 0.1) is 11.6 Å². The Kier molecular flexibility index (Phi) is 4.60. The maximum atomic E-state index is 11.9. The van der Waals surface area contributed by atoms with Gasteiger partial charge in [-0.25, -0.2) is 0 Å². The Morgan fingerprint density at radius 2 is 2.21 bits per heavy atom. The molecule has 1 fully saturated rings. The normalized spacial score (nSPS) is 18.5. The first-order valence-electron chi connectivity index (χ1n) is 6.83. The van der Waals surface area contributed by atoms with Gasteiger partial charge < -0.3 is 11.1 Å². The molecule has 1 amide bonds. The van der Waals surface area contributed by atoms with Gasteiger partial charge in [-0.1, -0.05) is 6.07 Å². The Labute approximate surface area is 119 Å². The summed E-state index contributed by atoms with van der Waals surface area (Å²) in [5, 5.41) is 5.08. The number of nitrogens with one attached hydrogen (secondary N) is 1. The third kappa shape index (κ3) is 3.78. The minimum atomic E-state index is -0.814. The van der Waals surface area contributed by atoms with Crippen LogP contribution in [0.2, 0.25) is 0 Å². The fourth-order valence-corrected chi connectivity index (χ4v) is 3.22. The highest BCUT2D eigenvalue weighted by atomic mass is 32.1. The van der Waals surface area contributed by atoms with E-state index in [1.807, 2.05) is 0 Å². The van der Waals surface area contributed by atoms with Crippen LogP contribution in [0.4, 0.5) is 0 Å². The van der Waals surface area contributed by atoms with Gasteiger partial charge in [-0.2, -0.15) is 0 Å². The van der Waals surface area contributed by atoms with Gasteiger partial charge in [-0.15, -0.1) is 11.3 Å². The Balaban J connectivity index is 2.00. The smallest absolute Gasteiger partial charge is 0.239 e. The summed E-state index contributed by atoms with van der Waals surface area (Å²) in [6.07, 6.45) is 2.50. The second-order valence-electron chi connectivity index (χ2n) is 5.71. The second kappa shape index (κ2) is 6.03. The van der Waals surface area contributed by atoms with Crippen LogP contribution in [-0.4, -0.2) is 36.0 Å². The number of likely N-dealkylation sites (tertiary alicyclic amines) is 1. The standard InChI is InChI=1S/C14H23N3OS/c1-14(2,15)13(18)16-10-11(12-6-5-9-19-12)17-7-3-4-8-17/h5-6,9,11H,3-4,7-8,10,15H2,1-2H3,(H,16,18). The van der Waals surface area contributed by atoms with E-state index in [-0.39, 0.29) is 11.9 Å². The van der Waals surface area contributed by atoms with Crippen LogP contribution >= 0.6 is 11.3 Å². The number of hydrogen-bond acceptors (Lipinski definition) is 4. The van der Waals surface area contributed by atoms with E-state index in [2.05, 4.69) is 27.7 Å². The lowest BCUT2D eigenvalue weighted by Gasteiger charge is -2.28. The second-order valence-corrected chi connectivity index (χ2v) is 6.69. The summed E-state index contributed by atoms with van der Waals surface area (Å²) < 4.78 is 0. The first-order valence-corrected chi connectivity index (χ1v) is 7.71. The average molecular weight is 281 g/mol.